The van der Waals surface area contributed by atoms with Crippen molar-refractivity contribution < 1.29 is 22.4 Å². The summed E-state index contributed by atoms with van der Waals surface area (Å²) in [5.74, 6) is -0.0622. The molecule has 7 nitrogen and oxygen atoms in total. The van der Waals surface area contributed by atoms with Crippen LogP contribution in [-0.2, 0) is 6.18 Å². The molecule has 1 saturated carbocycles. The number of hydrogen-bond acceptors (Lipinski definition) is 6. The maximum atomic E-state index is 14.0. The van der Waals surface area contributed by atoms with Crippen LogP contribution in [0.5, 0.6) is 0 Å². The van der Waals surface area contributed by atoms with Crippen molar-refractivity contribution in [2.24, 2.45) is 5.92 Å². The number of rotatable bonds is 4. The fourth-order valence-electron chi connectivity index (χ4n) is 4.80. The molecule has 176 valence electrons. The zero-order valence-corrected chi connectivity index (χ0v) is 17.8. The molecule has 1 aliphatic carbocycles. The Kier molecular flexibility index (Phi) is 5.62. The molecular weight excluding hydrogens is 452 g/mol. The molecule has 2 bridgehead atoms. The van der Waals surface area contributed by atoms with Crippen molar-refractivity contribution in [2.45, 2.75) is 37.5 Å². The maximum absolute atomic E-state index is 14.0. The third-order valence-electron chi connectivity index (χ3n) is 6.33. The number of benzene rings is 1. The van der Waals surface area contributed by atoms with E-state index in [4.69, 9.17) is 0 Å². The summed E-state index contributed by atoms with van der Waals surface area (Å²) >= 11 is 0. The normalized spacial score (nSPS) is 22.0. The van der Waals surface area contributed by atoms with Crippen LogP contribution < -0.4 is 5.32 Å². The molecule has 3 fully saturated rings. The molecule has 0 radical (unpaired) electrons. The third kappa shape index (κ3) is 4.29. The lowest BCUT2D eigenvalue weighted by molar-refractivity contribution is -0.141. The Hall–Kier alpha value is -3.63. The quantitative estimate of drug-likeness (QED) is 0.573. The van der Waals surface area contributed by atoms with Gasteiger partial charge in [0.2, 0.25) is 0 Å². The summed E-state index contributed by atoms with van der Waals surface area (Å²) in [7, 11) is 0. The van der Waals surface area contributed by atoms with Gasteiger partial charge in [-0.15, -0.1) is 0 Å². The molecule has 0 spiro atoms. The standard InChI is InChI=1S/C23H20F4N6O/c24-14-3-4-15(16(9-14)21-28-6-1-7-29-21)22(34)33-12-13-2-5-18(33)17(8-13)32-20-11-30-19(10-31-20)23(25,26)27/h1,3-4,6-7,9-11,13,17-18H,2,5,8,12H2,(H,31,32)/t13-,17+,18-/m0/s1. The van der Waals surface area contributed by atoms with E-state index in [1.807, 2.05) is 0 Å². The Balaban J connectivity index is 1.40. The lowest BCUT2D eigenvalue weighted by Gasteiger charge is -2.50. The third-order valence-corrected chi connectivity index (χ3v) is 6.33. The Morgan fingerprint density at radius 2 is 1.85 bits per heavy atom. The van der Waals surface area contributed by atoms with Crippen molar-refractivity contribution in [2.75, 3.05) is 11.9 Å². The van der Waals surface area contributed by atoms with E-state index in [-0.39, 0.29) is 35.6 Å². The largest absolute Gasteiger partial charge is 0.434 e. The van der Waals surface area contributed by atoms with E-state index in [2.05, 4.69) is 25.3 Å². The summed E-state index contributed by atoms with van der Waals surface area (Å²) in [4.78, 5) is 31.0. The molecule has 6 rings (SSSR count). The molecule has 1 aromatic carbocycles. The van der Waals surface area contributed by atoms with Crippen molar-refractivity contribution in [1.82, 2.24) is 24.8 Å². The predicted octanol–water partition coefficient (Wildman–Crippen LogP) is 4.20. The molecule has 0 unspecified atom stereocenters. The lowest BCUT2D eigenvalue weighted by Crippen LogP contribution is -2.59. The zero-order chi connectivity index (χ0) is 23.9. The van der Waals surface area contributed by atoms with Gasteiger partial charge in [-0.05, 0) is 49.4 Å². The molecule has 34 heavy (non-hydrogen) atoms. The number of aromatic nitrogens is 4. The highest BCUT2D eigenvalue weighted by molar-refractivity contribution is 6.00. The summed E-state index contributed by atoms with van der Waals surface area (Å²) in [6.45, 7) is 0.548. The first-order valence-electron chi connectivity index (χ1n) is 10.8. The minimum absolute atomic E-state index is 0.195. The Labute approximate surface area is 192 Å². The molecule has 3 atom stereocenters. The van der Waals surface area contributed by atoms with Crippen molar-refractivity contribution in [3.63, 3.8) is 0 Å². The van der Waals surface area contributed by atoms with Crippen molar-refractivity contribution in [3.8, 4) is 11.4 Å². The monoisotopic (exact) mass is 472 g/mol. The molecule has 2 aliphatic heterocycles. The highest BCUT2D eigenvalue weighted by Gasteiger charge is 2.43. The highest BCUT2D eigenvalue weighted by Crippen LogP contribution is 2.38. The van der Waals surface area contributed by atoms with Gasteiger partial charge >= 0.3 is 6.18 Å². The van der Waals surface area contributed by atoms with Crippen LogP contribution in [0.1, 0.15) is 35.3 Å². The van der Waals surface area contributed by atoms with Crippen molar-refractivity contribution in [3.05, 3.63) is 66.1 Å². The van der Waals surface area contributed by atoms with Crippen molar-refractivity contribution >= 4 is 11.7 Å². The van der Waals surface area contributed by atoms with Gasteiger partial charge in [-0.2, -0.15) is 13.2 Å². The fourth-order valence-corrected chi connectivity index (χ4v) is 4.80. The van der Waals surface area contributed by atoms with Gasteiger partial charge in [-0.25, -0.2) is 24.3 Å². The summed E-state index contributed by atoms with van der Waals surface area (Å²) < 4.78 is 52.4. The number of carbonyl (C=O) groups excluding carboxylic acids is 1. The number of nitrogens with one attached hydrogen (secondary N) is 1. The second-order valence-corrected chi connectivity index (χ2v) is 8.50. The SMILES string of the molecule is O=C(c1ccc(F)cc1-c1ncccn1)N1C[C@H]2CC[C@H]1[C@H](Nc1cnc(C(F)(F)F)cn1)C2. The maximum Gasteiger partial charge on any atom is 0.434 e. The van der Waals surface area contributed by atoms with Crippen LogP contribution in [0, 0.1) is 11.7 Å². The number of nitrogens with zero attached hydrogens (tertiary/aromatic N) is 5. The minimum atomic E-state index is -4.56. The average molecular weight is 472 g/mol. The Morgan fingerprint density at radius 1 is 1.06 bits per heavy atom. The number of halogens is 4. The van der Waals surface area contributed by atoms with Crippen LogP contribution in [0.3, 0.4) is 0 Å². The van der Waals surface area contributed by atoms with Gasteiger partial charge in [0.1, 0.15) is 11.6 Å². The first-order valence-corrected chi connectivity index (χ1v) is 10.8. The predicted molar refractivity (Wildman–Crippen MR) is 114 cm³/mol. The van der Waals surface area contributed by atoms with Gasteiger partial charge in [-0.3, -0.25) is 4.79 Å². The fraction of sp³-hybridized carbons (Fsp3) is 0.348. The summed E-state index contributed by atoms with van der Waals surface area (Å²) in [5.41, 5.74) is -0.453. The smallest absolute Gasteiger partial charge is 0.364 e. The second-order valence-electron chi connectivity index (χ2n) is 8.50. The van der Waals surface area contributed by atoms with Crippen LogP contribution in [0.15, 0.2) is 49.1 Å². The molecule has 3 aliphatic rings. The number of fused-ring (bicyclic) bond motifs is 3. The molecule has 4 heterocycles. The topological polar surface area (TPSA) is 83.9 Å². The van der Waals surface area contributed by atoms with Crippen LogP contribution >= 0.6 is 0 Å². The van der Waals surface area contributed by atoms with Crippen LogP contribution in [-0.4, -0.2) is 49.4 Å². The van der Waals surface area contributed by atoms with Gasteiger partial charge in [0.25, 0.3) is 5.91 Å². The first-order chi connectivity index (χ1) is 16.3. The first kappa shape index (κ1) is 22.2. The second kappa shape index (κ2) is 8.62. The average Bonchev–Trinajstić information content (AvgIpc) is 2.84. The van der Waals surface area contributed by atoms with Gasteiger partial charge in [0, 0.05) is 30.5 Å². The Bertz CT molecular complexity index is 1190. The minimum Gasteiger partial charge on any atom is -0.364 e. The van der Waals surface area contributed by atoms with Crippen LogP contribution in [0.4, 0.5) is 23.4 Å². The van der Waals surface area contributed by atoms with E-state index >= 15 is 0 Å². The van der Waals surface area contributed by atoms with Crippen LogP contribution in [0.2, 0.25) is 0 Å². The van der Waals surface area contributed by atoms with Gasteiger partial charge < -0.3 is 10.2 Å². The molecule has 11 heteroatoms. The number of hydrogen-bond donors (Lipinski definition) is 1. The zero-order valence-electron chi connectivity index (χ0n) is 17.8. The Morgan fingerprint density at radius 3 is 2.53 bits per heavy atom. The van der Waals surface area contributed by atoms with E-state index in [1.54, 1.807) is 11.0 Å². The summed E-state index contributed by atoms with van der Waals surface area (Å²) in [6.07, 6.45) is 2.68. The van der Waals surface area contributed by atoms with E-state index < -0.39 is 17.7 Å². The van der Waals surface area contributed by atoms with E-state index in [9.17, 15) is 22.4 Å². The summed E-state index contributed by atoms with van der Waals surface area (Å²) in [5, 5.41) is 3.16. The molecule has 2 aromatic heterocycles. The number of amides is 1. The molecule has 1 N–H and O–H groups in total. The lowest BCUT2D eigenvalue weighted by atomic mass is 9.76. The molecule has 3 aromatic rings. The number of carbonyl (C=O) groups is 1. The number of alkyl halides is 3. The van der Waals surface area contributed by atoms with E-state index in [1.165, 1.54) is 30.6 Å². The number of anilines is 1. The molecule has 2 saturated heterocycles. The summed E-state index contributed by atoms with van der Waals surface area (Å²) in [6, 6.07) is 5.16. The van der Waals surface area contributed by atoms with Gasteiger partial charge in [0.15, 0.2) is 11.5 Å². The van der Waals surface area contributed by atoms with E-state index in [0.29, 0.717) is 23.9 Å². The number of piperidine rings is 2. The van der Waals surface area contributed by atoms with Crippen LogP contribution in [0.25, 0.3) is 11.4 Å². The van der Waals surface area contributed by atoms with Gasteiger partial charge in [-0.1, -0.05) is 0 Å². The van der Waals surface area contributed by atoms with E-state index in [0.717, 1.165) is 25.5 Å². The van der Waals surface area contributed by atoms with Gasteiger partial charge in [0.05, 0.1) is 24.0 Å². The van der Waals surface area contributed by atoms with Crippen molar-refractivity contribution in [1.29, 1.82) is 0 Å². The molecular formula is C23H20F4N6O. The molecule has 1 amide bonds. The highest BCUT2D eigenvalue weighted by atomic mass is 19.4.